The fourth-order valence-corrected chi connectivity index (χ4v) is 2.14. The van der Waals surface area contributed by atoms with Crippen molar-refractivity contribution in [2.45, 2.75) is 12.5 Å². The van der Waals surface area contributed by atoms with Crippen LogP contribution in [-0.4, -0.2) is 50.8 Å². The number of hydrogen-bond acceptors (Lipinski definition) is 3. The van der Waals surface area contributed by atoms with E-state index in [1.807, 2.05) is 0 Å². The van der Waals surface area contributed by atoms with Gasteiger partial charge in [-0.2, -0.15) is 0 Å². The molecule has 1 saturated heterocycles. The van der Waals surface area contributed by atoms with Crippen LogP contribution in [0.4, 0.5) is 0 Å². The molecule has 3 nitrogen and oxygen atoms in total. The lowest BCUT2D eigenvalue weighted by atomic mass is 10.1. The summed E-state index contributed by atoms with van der Waals surface area (Å²) in [6.45, 7) is 4.92. The minimum Gasteiger partial charge on any atom is -0.374 e. The molecular weight excluding hydrogens is 212 g/mol. The van der Waals surface area contributed by atoms with Crippen LogP contribution in [0.2, 0.25) is 0 Å². The van der Waals surface area contributed by atoms with Gasteiger partial charge in [-0.25, -0.2) is 0 Å². The molecular formula is C14H22N2O. The summed E-state index contributed by atoms with van der Waals surface area (Å²) >= 11 is 0. The van der Waals surface area contributed by atoms with E-state index in [4.69, 9.17) is 4.74 Å². The van der Waals surface area contributed by atoms with E-state index in [1.165, 1.54) is 5.56 Å². The molecule has 94 valence electrons. The lowest BCUT2D eigenvalue weighted by Gasteiger charge is -2.28. The second-order valence-electron chi connectivity index (χ2n) is 4.69. The molecule has 1 N–H and O–H groups in total. The van der Waals surface area contributed by atoms with E-state index in [1.54, 1.807) is 0 Å². The summed E-state index contributed by atoms with van der Waals surface area (Å²) in [4.78, 5) is 2.35. The molecule has 0 radical (unpaired) electrons. The first-order valence-corrected chi connectivity index (χ1v) is 6.39. The van der Waals surface area contributed by atoms with E-state index in [2.05, 4.69) is 47.6 Å². The van der Waals surface area contributed by atoms with Crippen molar-refractivity contribution in [2.24, 2.45) is 0 Å². The van der Waals surface area contributed by atoms with Crippen LogP contribution in [-0.2, 0) is 11.2 Å². The Hall–Kier alpha value is -0.900. The first-order valence-electron chi connectivity index (χ1n) is 6.39. The van der Waals surface area contributed by atoms with Gasteiger partial charge in [0.1, 0.15) is 0 Å². The maximum absolute atomic E-state index is 5.70. The highest BCUT2D eigenvalue weighted by molar-refractivity contribution is 5.14. The van der Waals surface area contributed by atoms with Gasteiger partial charge in [0, 0.05) is 26.2 Å². The monoisotopic (exact) mass is 234 g/mol. The molecule has 2 rings (SSSR count). The average molecular weight is 234 g/mol. The molecule has 1 aromatic rings. The summed E-state index contributed by atoms with van der Waals surface area (Å²) < 4.78 is 5.70. The zero-order chi connectivity index (χ0) is 11.9. The van der Waals surface area contributed by atoms with Gasteiger partial charge in [0.25, 0.3) is 0 Å². The van der Waals surface area contributed by atoms with Crippen LogP contribution in [0.3, 0.4) is 0 Å². The van der Waals surface area contributed by atoms with Crippen LogP contribution >= 0.6 is 0 Å². The molecule has 1 atom stereocenters. The standard InChI is InChI=1S/C14H22N2O/c1-16(12-14-11-15-8-10-17-14)9-7-13-5-3-2-4-6-13/h2-6,14-15H,7-12H2,1H3. The zero-order valence-electron chi connectivity index (χ0n) is 10.6. The Labute approximate surface area is 104 Å². The van der Waals surface area contributed by atoms with Crippen molar-refractivity contribution < 1.29 is 4.74 Å². The lowest BCUT2D eigenvalue weighted by Crippen LogP contribution is -2.44. The molecule has 0 amide bonds. The molecule has 1 aromatic carbocycles. The molecule has 1 unspecified atom stereocenters. The summed E-state index contributed by atoms with van der Waals surface area (Å²) in [6, 6.07) is 10.6. The molecule has 0 aliphatic carbocycles. The van der Waals surface area contributed by atoms with Gasteiger partial charge in [-0.1, -0.05) is 30.3 Å². The number of likely N-dealkylation sites (N-methyl/N-ethyl adjacent to an activating group) is 1. The van der Waals surface area contributed by atoms with E-state index in [0.29, 0.717) is 6.10 Å². The van der Waals surface area contributed by atoms with E-state index in [-0.39, 0.29) is 0 Å². The minimum absolute atomic E-state index is 0.351. The van der Waals surface area contributed by atoms with Gasteiger partial charge in [0.05, 0.1) is 12.7 Å². The third kappa shape index (κ3) is 4.46. The largest absolute Gasteiger partial charge is 0.374 e. The third-order valence-corrected chi connectivity index (χ3v) is 3.14. The van der Waals surface area contributed by atoms with Crippen molar-refractivity contribution in [3.05, 3.63) is 35.9 Å². The highest BCUT2D eigenvalue weighted by Crippen LogP contribution is 2.03. The molecule has 1 aliphatic rings. The highest BCUT2D eigenvalue weighted by Gasteiger charge is 2.14. The maximum Gasteiger partial charge on any atom is 0.0826 e. The number of morpholine rings is 1. The van der Waals surface area contributed by atoms with Crippen LogP contribution in [0, 0.1) is 0 Å². The maximum atomic E-state index is 5.70. The summed E-state index contributed by atoms with van der Waals surface area (Å²) in [5.74, 6) is 0. The molecule has 0 saturated carbocycles. The van der Waals surface area contributed by atoms with Crippen molar-refractivity contribution in [1.82, 2.24) is 10.2 Å². The number of ether oxygens (including phenoxy) is 1. The Balaban J connectivity index is 1.68. The highest BCUT2D eigenvalue weighted by atomic mass is 16.5. The number of rotatable bonds is 5. The summed E-state index contributed by atoms with van der Waals surface area (Å²) in [7, 11) is 2.17. The SMILES string of the molecule is CN(CCc1ccccc1)CC1CNCCO1. The second kappa shape index (κ2) is 6.74. The minimum atomic E-state index is 0.351. The number of nitrogens with zero attached hydrogens (tertiary/aromatic N) is 1. The molecule has 0 aromatic heterocycles. The van der Waals surface area contributed by atoms with Crippen LogP contribution in [0.1, 0.15) is 5.56 Å². The van der Waals surface area contributed by atoms with Crippen molar-refractivity contribution in [1.29, 1.82) is 0 Å². The summed E-state index contributed by atoms with van der Waals surface area (Å²) in [6.07, 6.45) is 1.46. The molecule has 1 heterocycles. The van der Waals surface area contributed by atoms with Crippen LogP contribution in [0.5, 0.6) is 0 Å². The van der Waals surface area contributed by atoms with Crippen molar-refractivity contribution in [2.75, 3.05) is 39.8 Å². The molecule has 0 spiro atoms. The first kappa shape index (κ1) is 12.6. The quantitative estimate of drug-likeness (QED) is 0.827. The Morgan fingerprint density at radius 3 is 2.88 bits per heavy atom. The Kier molecular flexibility index (Phi) is 4.98. The fraction of sp³-hybridized carbons (Fsp3) is 0.571. The third-order valence-electron chi connectivity index (χ3n) is 3.14. The van der Waals surface area contributed by atoms with Gasteiger partial charge >= 0.3 is 0 Å². The van der Waals surface area contributed by atoms with Gasteiger partial charge in [-0.05, 0) is 19.0 Å². The van der Waals surface area contributed by atoms with Gasteiger partial charge in [-0.3, -0.25) is 0 Å². The second-order valence-corrected chi connectivity index (χ2v) is 4.69. The molecule has 17 heavy (non-hydrogen) atoms. The number of benzene rings is 1. The molecule has 1 aliphatic heterocycles. The Bertz CT molecular complexity index is 309. The normalized spacial score (nSPS) is 20.7. The van der Waals surface area contributed by atoms with Crippen molar-refractivity contribution in [3.63, 3.8) is 0 Å². The smallest absolute Gasteiger partial charge is 0.0826 e. The molecule has 0 bridgehead atoms. The van der Waals surface area contributed by atoms with E-state index in [9.17, 15) is 0 Å². The average Bonchev–Trinajstić information content (AvgIpc) is 2.39. The Morgan fingerprint density at radius 2 is 2.18 bits per heavy atom. The zero-order valence-corrected chi connectivity index (χ0v) is 10.6. The van der Waals surface area contributed by atoms with E-state index < -0.39 is 0 Å². The predicted octanol–water partition coefficient (Wildman–Crippen LogP) is 1.15. The van der Waals surface area contributed by atoms with Crippen LogP contribution in [0.15, 0.2) is 30.3 Å². The van der Waals surface area contributed by atoms with Gasteiger partial charge < -0.3 is 15.0 Å². The van der Waals surface area contributed by atoms with Crippen LogP contribution in [0.25, 0.3) is 0 Å². The van der Waals surface area contributed by atoms with Gasteiger partial charge in [0.2, 0.25) is 0 Å². The van der Waals surface area contributed by atoms with Crippen LogP contribution < -0.4 is 5.32 Å². The van der Waals surface area contributed by atoms with Gasteiger partial charge in [-0.15, -0.1) is 0 Å². The van der Waals surface area contributed by atoms with Crippen molar-refractivity contribution in [3.8, 4) is 0 Å². The lowest BCUT2D eigenvalue weighted by molar-refractivity contribution is 0.0103. The van der Waals surface area contributed by atoms with E-state index in [0.717, 1.165) is 39.2 Å². The number of hydrogen-bond donors (Lipinski definition) is 1. The summed E-state index contributed by atoms with van der Waals surface area (Å²) in [5, 5.41) is 3.36. The molecule has 3 heteroatoms. The Morgan fingerprint density at radius 1 is 1.35 bits per heavy atom. The molecule has 1 fully saturated rings. The predicted molar refractivity (Wildman–Crippen MR) is 70.3 cm³/mol. The topological polar surface area (TPSA) is 24.5 Å². The fourth-order valence-electron chi connectivity index (χ4n) is 2.14. The number of nitrogens with one attached hydrogen (secondary N) is 1. The van der Waals surface area contributed by atoms with E-state index >= 15 is 0 Å². The first-order chi connectivity index (χ1) is 8.34. The van der Waals surface area contributed by atoms with Gasteiger partial charge in [0.15, 0.2) is 0 Å². The van der Waals surface area contributed by atoms with Crippen molar-refractivity contribution >= 4 is 0 Å². The summed E-state index contributed by atoms with van der Waals surface area (Å²) in [5.41, 5.74) is 1.40.